The molecule has 0 radical (unpaired) electrons. The van der Waals surface area contributed by atoms with Crippen molar-refractivity contribution in [1.82, 2.24) is 0 Å². The van der Waals surface area contributed by atoms with Crippen LogP contribution in [0.4, 0.5) is 0 Å². The number of hydrogen-bond acceptors (Lipinski definition) is 2. The molecule has 0 aliphatic heterocycles. The van der Waals surface area contributed by atoms with E-state index < -0.39 is 0 Å². The van der Waals surface area contributed by atoms with E-state index in [0.29, 0.717) is 0 Å². The van der Waals surface area contributed by atoms with Crippen LogP contribution in [0.3, 0.4) is 0 Å². The average Bonchev–Trinajstić information content (AvgIpc) is 1.69. The molecule has 0 bridgehead atoms. The van der Waals surface area contributed by atoms with Crippen LogP contribution < -0.4 is 0 Å². The summed E-state index contributed by atoms with van der Waals surface area (Å²) in [5.41, 5.74) is 1.79. The number of aliphatic imine (C=N–C) groups is 1. The van der Waals surface area contributed by atoms with Gasteiger partial charge in [-0.05, 0) is 13.2 Å². The van der Waals surface area contributed by atoms with E-state index in [0.717, 1.165) is 0 Å². The molecule has 0 aliphatic rings. The molecule has 0 atom stereocenters. The summed E-state index contributed by atoms with van der Waals surface area (Å²) in [7, 11) is 0. The summed E-state index contributed by atoms with van der Waals surface area (Å²) >= 11 is 1.60. The molecule has 0 spiro atoms. The Balaban J connectivity index is 3.09. The monoisotopic (exact) mass is 115 g/mol. The second-order valence-electron chi connectivity index (χ2n) is 0.973. The van der Waals surface area contributed by atoms with Crippen LogP contribution >= 0.6 is 11.8 Å². The summed E-state index contributed by atoms with van der Waals surface area (Å²) in [6, 6.07) is 0. The van der Waals surface area contributed by atoms with Crippen LogP contribution in [0.15, 0.2) is 17.3 Å². The van der Waals surface area contributed by atoms with Gasteiger partial charge in [-0.1, -0.05) is 6.08 Å². The first kappa shape index (κ1) is 6.76. The minimum absolute atomic E-state index is 1.60. The third kappa shape index (κ3) is 5.76. The molecule has 0 rings (SSSR count). The number of hydrogen-bond donors (Lipinski definition) is 0. The lowest BCUT2D eigenvalue weighted by Crippen LogP contribution is -1.53. The highest BCUT2D eigenvalue weighted by Crippen LogP contribution is 1.82. The minimum Gasteiger partial charge on any atom is -0.258 e. The first-order valence-corrected chi connectivity index (χ1v) is 3.36. The molecule has 1 nitrogen and oxygen atoms in total. The Morgan fingerprint density at radius 2 is 2.29 bits per heavy atom. The lowest BCUT2D eigenvalue weighted by Gasteiger charge is -1.71. The maximum atomic E-state index is 3.87. The van der Waals surface area contributed by atoms with Crippen molar-refractivity contribution < 1.29 is 0 Å². The molecule has 40 valence electrons. The quantitative estimate of drug-likeness (QED) is 0.395. The van der Waals surface area contributed by atoms with Gasteiger partial charge in [-0.25, -0.2) is 0 Å². The van der Waals surface area contributed by atoms with Gasteiger partial charge in [-0.15, -0.1) is 11.8 Å². The van der Waals surface area contributed by atoms with Crippen molar-refractivity contribution in [1.29, 1.82) is 0 Å². The Kier molecular flexibility index (Phi) is 5.56. The Morgan fingerprint density at radius 3 is 2.71 bits per heavy atom. The van der Waals surface area contributed by atoms with E-state index in [4.69, 9.17) is 0 Å². The van der Waals surface area contributed by atoms with Gasteiger partial charge in [0, 0.05) is 6.20 Å². The summed E-state index contributed by atoms with van der Waals surface area (Å²) in [5, 5.41) is 0. The molecule has 0 amide bonds. The molecule has 2 heteroatoms. The summed E-state index contributed by atoms with van der Waals surface area (Å²) in [6.07, 6.45) is 5.64. The topological polar surface area (TPSA) is 12.4 Å². The van der Waals surface area contributed by atoms with E-state index >= 15 is 0 Å². The van der Waals surface area contributed by atoms with Gasteiger partial charge in [0.15, 0.2) is 0 Å². The van der Waals surface area contributed by atoms with Gasteiger partial charge in [-0.2, -0.15) is 0 Å². The zero-order valence-corrected chi connectivity index (χ0v) is 5.40. The Bertz CT molecular complexity index is 76.1. The highest BCUT2D eigenvalue weighted by Gasteiger charge is 1.57. The predicted molar refractivity (Wildman–Crippen MR) is 36.8 cm³/mol. The lowest BCUT2D eigenvalue weighted by molar-refractivity contribution is 1.56. The van der Waals surface area contributed by atoms with Gasteiger partial charge in [0.2, 0.25) is 0 Å². The van der Waals surface area contributed by atoms with Gasteiger partial charge in [0.25, 0.3) is 0 Å². The van der Waals surface area contributed by atoms with Crippen molar-refractivity contribution in [3.05, 3.63) is 12.3 Å². The maximum absolute atomic E-state index is 3.87. The third-order valence-electron chi connectivity index (χ3n) is 0.401. The van der Waals surface area contributed by atoms with E-state index in [-0.39, 0.29) is 0 Å². The van der Waals surface area contributed by atoms with Crippen LogP contribution in [-0.2, 0) is 0 Å². The molecule has 0 aliphatic carbocycles. The van der Waals surface area contributed by atoms with Crippen LogP contribution in [0.2, 0.25) is 0 Å². The number of nitrogens with zero attached hydrogens (tertiary/aromatic N) is 1. The van der Waals surface area contributed by atoms with E-state index in [1.807, 2.05) is 19.3 Å². The van der Waals surface area contributed by atoms with Crippen molar-refractivity contribution in [2.24, 2.45) is 4.99 Å². The molecule has 0 saturated heterocycles. The van der Waals surface area contributed by atoms with Crippen LogP contribution in [0.1, 0.15) is 6.92 Å². The molecule has 0 aromatic carbocycles. The molecule has 7 heavy (non-hydrogen) atoms. The van der Waals surface area contributed by atoms with Crippen molar-refractivity contribution in [3.63, 3.8) is 0 Å². The van der Waals surface area contributed by atoms with E-state index in [9.17, 15) is 0 Å². The number of thioether (sulfide) groups is 1. The smallest absolute Gasteiger partial charge is 0.0593 e. The third-order valence-corrected chi connectivity index (χ3v) is 0.734. The normalized spacial score (nSPS) is 11.7. The Labute approximate surface area is 48.5 Å². The molecular weight excluding hydrogens is 106 g/mol. The molecule has 0 N–H and O–H groups in total. The van der Waals surface area contributed by atoms with Crippen molar-refractivity contribution in [2.45, 2.75) is 6.92 Å². The van der Waals surface area contributed by atoms with Gasteiger partial charge in [-0.3, -0.25) is 4.99 Å². The first-order valence-electron chi connectivity index (χ1n) is 2.07. The molecular formula is C5H9NS. The standard InChI is InChI=1S/C5H9NS/c1-3-4-6-5-7-2/h3-5H,1-2H3/b4-3+,6-5-. The van der Waals surface area contributed by atoms with Crippen LogP contribution in [0, 0.1) is 0 Å². The van der Waals surface area contributed by atoms with Crippen LogP contribution in [0.25, 0.3) is 0 Å². The first-order chi connectivity index (χ1) is 3.41. The molecule has 0 aromatic heterocycles. The van der Waals surface area contributed by atoms with Crippen molar-refractivity contribution in [3.8, 4) is 0 Å². The molecule has 0 unspecified atom stereocenters. The second-order valence-corrected chi connectivity index (χ2v) is 1.65. The van der Waals surface area contributed by atoms with Gasteiger partial charge >= 0.3 is 0 Å². The zero-order valence-electron chi connectivity index (χ0n) is 4.59. The van der Waals surface area contributed by atoms with Crippen molar-refractivity contribution >= 4 is 17.3 Å². The second kappa shape index (κ2) is 5.76. The SMILES string of the molecule is C/C=C/N=C\SC. The van der Waals surface area contributed by atoms with Crippen molar-refractivity contribution in [2.75, 3.05) is 6.26 Å². The molecule has 0 heterocycles. The fraction of sp³-hybridized carbons (Fsp3) is 0.400. The lowest BCUT2D eigenvalue weighted by atomic mass is 10.7. The summed E-state index contributed by atoms with van der Waals surface area (Å²) in [5.74, 6) is 0. The fourth-order valence-corrected chi connectivity index (χ4v) is 0.374. The van der Waals surface area contributed by atoms with Crippen LogP contribution in [0.5, 0.6) is 0 Å². The Hall–Kier alpha value is -0.240. The average molecular weight is 115 g/mol. The van der Waals surface area contributed by atoms with E-state index in [1.54, 1.807) is 23.5 Å². The number of allylic oxidation sites excluding steroid dienone is 1. The van der Waals surface area contributed by atoms with E-state index in [1.165, 1.54) is 0 Å². The minimum atomic E-state index is 1.60. The summed E-state index contributed by atoms with van der Waals surface area (Å²) in [4.78, 5) is 3.87. The fourth-order valence-electron chi connectivity index (χ4n) is 0.182. The Morgan fingerprint density at radius 1 is 1.57 bits per heavy atom. The molecule has 0 fully saturated rings. The summed E-state index contributed by atoms with van der Waals surface area (Å²) in [6.45, 7) is 1.94. The largest absolute Gasteiger partial charge is 0.258 e. The van der Waals surface area contributed by atoms with Gasteiger partial charge in [0.1, 0.15) is 0 Å². The predicted octanol–water partition coefficient (Wildman–Crippen LogP) is 1.91. The molecule has 0 saturated carbocycles. The highest BCUT2D eigenvalue weighted by molar-refractivity contribution is 8.11. The highest BCUT2D eigenvalue weighted by atomic mass is 32.2. The summed E-state index contributed by atoms with van der Waals surface area (Å²) < 4.78 is 0. The maximum Gasteiger partial charge on any atom is 0.0593 e. The molecule has 0 aromatic rings. The zero-order chi connectivity index (χ0) is 5.54. The van der Waals surface area contributed by atoms with E-state index in [2.05, 4.69) is 4.99 Å². The van der Waals surface area contributed by atoms with Gasteiger partial charge in [0.05, 0.1) is 5.55 Å². The van der Waals surface area contributed by atoms with Gasteiger partial charge < -0.3 is 0 Å². The number of rotatable bonds is 2. The van der Waals surface area contributed by atoms with Crippen LogP contribution in [-0.4, -0.2) is 11.8 Å².